The largest absolute Gasteiger partial charge is 0.481 e. The van der Waals surface area contributed by atoms with E-state index >= 15 is 0 Å². The maximum atomic E-state index is 12.0. The van der Waals surface area contributed by atoms with E-state index in [1.165, 1.54) is 0 Å². The second kappa shape index (κ2) is 6.45. The van der Waals surface area contributed by atoms with Crippen LogP contribution in [-0.4, -0.2) is 27.2 Å². The van der Waals surface area contributed by atoms with Gasteiger partial charge < -0.3 is 10.4 Å². The molecule has 0 radical (unpaired) electrons. The highest BCUT2D eigenvalue weighted by Gasteiger charge is 2.41. The van der Waals surface area contributed by atoms with Crippen molar-refractivity contribution in [3.05, 3.63) is 24.0 Å². The van der Waals surface area contributed by atoms with Crippen LogP contribution in [0.5, 0.6) is 0 Å². The Kier molecular flexibility index (Phi) is 4.65. The van der Waals surface area contributed by atoms with Crippen LogP contribution < -0.4 is 5.32 Å². The summed E-state index contributed by atoms with van der Waals surface area (Å²) in [6.45, 7) is 0.280. The van der Waals surface area contributed by atoms with Crippen LogP contribution in [0.4, 0.5) is 0 Å². The first-order chi connectivity index (χ1) is 9.62. The Morgan fingerprint density at radius 3 is 2.65 bits per heavy atom. The molecule has 0 bridgehead atoms. The molecule has 1 aromatic heterocycles. The summed E-state index contributed by atoms with van der Waals surface area (Å²) < 4.78 is 0. The molecule has 2 N–H and O–H groups in total. The highest BCUT2D eigenvalue weighted by atomic mass is 16.4. The van der Waals surface area contributed by atoms with Gasteiger partial charge in [-0.1, -0.05) is 19.3 Å². The van der Waals surface area contributed by atoms with Gasteiger partial charge in [0.05, 0.1) is 17.7 Å². The Balaban J connectivity index is 1.90. The van der Waals surface area contributed by atoms with Crippen molar-refractivity contribution >= 4 is 11.9 Å². The van der Waals surface area contributed by atoms with E-state index in [1.807, 2.05) is 0 Å². The number of nitrogens with zero attached hydrogens (tertiary/aromatic N) is 2. The molecule has 6 nitrogen and oxygen atoms in total. The van der Waals surface area contributed by atoms with Gasteiger partial charge in [0.25, 0.3) is 0 Å². The van der Waals surface area contributed by atoms with Gasteiger partial charge in [0.1, 0.15) is 0 Å². The summed E-state index contributed by atoms with van der Waals surface area (Å²) in [6, 6.07) is 3.51. The quantitative estimate of drug-likeness (QED) is 0.851. The van der Waals surface area contributed by atoms with Crippen LogP contribution in [-0.2, 0) is 16.1 Å². The van der Waals surface area contributed by atoms with Crippen molar-refractivity contribution in [3.8, 4) is 0 Å². The van der Waals surface area contributed by atoms with Crippen molar-refractivity contribution < 1.29 is 14.7 Å². The predicted octanol–water partition coefficient (Wildman–Crippen LogP) is 1.52. The molecular formula is C14H19N3O3. The van der Waals surface area contributed by atoms with Gasteiger partial charge in [-0.15, -0.1) is 0 Å². The molecule has 2 rings (SSSR count). The molecule has 0 saturated heterocycles. The molecule has 0 aromatic carbocycles. The van der Waals surface area contributed by atoms with Crippen molar-refractivity contribution in [1.82, 2.24) is 15.5 Å². The van der Waals surface area contributed by atoms with Crippen LogP contribution >= 0.6 is 0 Å². The third-order valence-corrected chi connectivity index (χ3v) is 3.86. The summed E-state index contributed by atoms with van der Waals surface area (Å²) in [5.74, 6) is -1.09. The number of aliphatic carboxylic acids is 1. The lowest BCUT2D eigenvalue weighted by Gasteiger charge is -2.32. The van der Waals surface area contributed by atoms with Crippen LogP contribution in [0, 0.1) is 5.41 Å². The molecule has 6 heteroatoms. The lowest BCUT2D eigenvalue weighted by molar-refractivity contribution is -0.154. The zero-order chi connectivity index (χ0) is 14.4. The second-order valence-corrected chi connectivity index (χ2v) is 5.31. The Morgan fingerprint density at radius 2 is 2.05 bits per heavy atom. The second-order valence-electron chi connectivity index (χ2n) is 5.31. The third-order valence-electron chi connectivity index (χ3n) is 3.86. The zero-order valence-electron chi connectivity index (χ0n) is 11.3. The summed E-state index contributed by atoms with van der Waals surface area (Å²) in [7, 11) is 0. The molecule has 1 aromatic rings. The number of nitrogens with one attached hydrogen (secondary N) is 1. The Bertz CT molecular complexity index is 470. The smallest absolute Gasteiger partial charge is 0.310 e. The molecular weight excluding hydrogens is 258 g/mol. The zero-order valence-corrected chi connectivity index (χ0v) is 11.3. The summed E-state index contributed by atoms with van der Waals surface area (Å²) >= 11 is 0. The van der Waals surface area contributed by atoms with Crippen LogP contribution in [0.3, 0.4) is 0 Å². The lowest BCUT2D eigenvalue weighted by atomic mass is 9.71. The Hall–Kier alpha value is -1.98. The molecule has 108 valence electrons. The first-order valence-corrected chi connectivity index (χ1v) is 6.89. The number of hydrogen-bond acceptors (Lipinski definition) is 4. The maximum absolute atomic E-state index is 12.0. The number of carboxylic acid groups (broad SMARTS) is 1. The summed E-state index contributed by atoms with van der Waals surface area (Å²) in [5, 5.41) is 19.7. The van der Waals surface area contributed by atoms with Gasteiger partial charge in [-0.05, 0) is 25.0 Å². The van der Waals surface area contributed by atoms with E-state index < -0.39 is 11.4 Å². The van der Waals surface area contributed by atoms with Crippen molar-refractivity contribution in [3.63, 3.8) is 0 Å². The number of carbonyl (C=O) groups is 2. The number of hydrogen-bond donors (Lipinski definition) is 2. The minimum atomic E-state index is -0.884. The fraction of sp³-hybridized carbons (Fsp3) is 0.571. The van der Waals surface area contributed by atoms with Crippen LogP contribution in [0.25, 0.3) is 0 Å². The van der Waals surface area contributed by atoms with Gasteiger partial charge in [-0.3, -0.25) is 9.59 Å². The topological polar surface area (TPSA) is 92.2 Å². The number of aromatic nitrogens is 2. The minimum absolute atomic E-state index is 0.0442. The molecule has 1 aliphatic rings. The SMILES string of the molecule is O=C(CC1(C(=O)O)CCCCC1)NCc1cccnn1. The molecule has 1 fully saturated rings. The van der Waals surface area contributed by atoms with Crippen LogP contribution in [0.1, 0.15) is 44.2 Å². The average Bonchev–Trinajstić information content (AvgIpc) is 2.47. The predicted molar refractivity (Wildman–Crippen MR) is 71.6 cm³/mol. The summed E-state index contributed by atoms with van der Waals surface area (Å²) in [6.07, 6.45) is 5.58. The summed E-state index contributed by atoms with van der Waals surface area (Å²) in [4.78, 5) is 23.5. The molecule has 20 heavy (non-hydrogen) atoms. The number of carbonyl (C=O) groups excluding carboxylic acids is 1. The van der Waals surface area contributed by atoms with Crippen LogP contribution in [0.2, 0.25) is 0 Å². The Labute approximate surface area is 117 Å². The monoisotopic (exact) mass is 277 g/mol. The minimum Gasteiger partial charge on any atom is -0.481 e. The van der Waals surface area contributed by atoms with Crippen molar-refractivity contribution in [2.75, 3.05) is 0 Å². The molecule has 1 heterocycles. The van der Waals surface area contributed by atoms with E-state index in [4.69, 9.17) is 0 Å². The van der Waals surface area contributed by atoms with Crippen molar-refractivity contribution in [1.29, 1.82) is 0 Å². The standard InChI is InChI=1S/C14H19N3O3/c18-12(15-10-11-5-4-8-16-17-11)9-14(13(19)20)6-2-1-3-7-14/h4-5,8H,1-3,6-7,9-10H2,(H,15,18)(H,19,20). The van der Waals surface area contributed by atoms with E-state index in [2.05, 4.69) is 15.5 Å². The van der Waals surface area contributed by atoms with Gasteiger partial charge >= 0.3 is 5.97 Å². The first kappa shape index (κ1) is 14.4. The van der Waals surface area contributed by atoms with E-state index in [1.54, 1.807) is 18.3 Å². The molecule has 0 spiro atoms. The van der Waals surface area contributed by atoms with Crippen molar-refractivity contribution in [2.24, 2.45) is 5.41 Å². The molecule has 1 saturated carbocycles. The van der Waals surface area contributed by atoms with E-state index in [9.17, 15) is 14.7 Å². The average molecular weight is 277 g/mol. The van der Waals surface area contributed by atoms with Gasteiger partial charge in [-0.2, -0.15) is 10.2 Å². The summed E-state index contributed by atoms with van der Waals surface area (Å²) in [5.41, 5.74) is -0.223. The number of rotatable bonds is 5. The van der Waals surface area contributed by atoms with Gasteiger partial charge in [0.2, 0.25) is 5.91 Å². The molecule has 0 atom stereocenters. The first-order valence-electron chi connectivity index (χ1n) is 6.89. The molecule has 1 amide bonds. The number of carboxylic acids is 1. The fourth-order valence-electron chi connectivity index (χ4n) is 2.68. The van der Waals surface area contributed by atoms with Gasteiger partial charge in [0.15, 0.2) is 0 Å². The number of amides is 1. The molecule has 0 aliphatic heterocycles. The highest BCUT2D eigenvalue weighted by molar-refractivity contribution is 5.85. The normalized spacial score (nSPS) is 17.4. The Morgan fingerprint density at radius 1 is 1.30 bits per heavy atom. The van der Waals surface area contributed by atoms with E-state index in [-0.39, 0.29) is 18.9 Å². The van der Waals surface area contributed by atoms with E-state index in [0.29, 0.717) is 18.5 Å². The van der Waals surface area contributed by atoms with E-state index in [0.717, 1.165) is 19.3 Å². The third kappa shape index (κ3) is 3.53. The molecule has 1 aliphatic carbocycles. The molecule has 0 unspecified atom stereocenters. The van der Waals surface area contributed by atoms with Crippen LogP contribution in [0.15, 0.2) is 18.3 Å². The van der Waals surface area contributed by atoms with Gasteiger partial charge in [0, 0.05) is 12.6 Å². The highest BCUT2D eigenvalue weighted by Crippen LogP contribution is 2.39. The fourth-order valence-corrected chi connectivity index (χ4v) is 2.68. The van der Waals surface area contributed by atoms with Crippen molar-refractivity contribution in [2.45, 2.75) is 45.1 Å². The van der Waals surface area contributed by atoms with Gasteiger partial charge in [-0.25, -0.2) is 0 Å². The lowest BCUT2D eigenvalue weighted by Crippen LogP contribution is -2.39. The maximum Gasteiger partial charge on any atom is 0.310 e.